The first kappa shape index (κ1) is 15.2. The Labute approximate surface area is 141 Å². The van der Waals surface area contributed by atoms with Gasteiger partial charge >= 0.3 is 0 Å². The van der Waals surface area contributed by atoms with Crippen molar-refractivity contribution in [2.75, 3.05) is 26.2 Å². The van der Waals surface area contributed by atoms with Crippen molar-refractivity contribution in [2.24, 2.45) is 5.92 Å². The van der Waals surface area contributed by atoms with Crippen molar-refractivity contribution in [1.82, 2.24) is 9.80 Å². The Morgan fingerprint density at radius 2 is 1.62 bits per heavy atom. The number of para-hydroxylation sites is 1. The van der Waals surface area contributed by atoms with Gasteiger partial charge in [-0.3, -0.25) is 9.59 Å². The first-order valence-electron chi connectivity index (χ1n) is 8.79. The van der Waals surface area contributed by atoms with Gasteiger partial charge in [0, 0.05) is 37.5 Å². The van der Waals surface area contributed by atoms with Gasteiger partial charge in [-0.2, -0.15) is 0 Å². The lowest BCUT2D eigenvalue weighted by Crippen LogP contribution is -2.51. The minimum absolute atomic E-state index is 0.0841. The van der Waals surface area contributed by atoms with Crippen molar-refractivity contribution in [2.45, 2.75) is 25.7 Å². The second-order valence-corrected chi connectivity index (χ2v) is 6.75. The van der Waals surface area contributed by atoms with Crippen LogP contribution in [-0.4, -0.2) is 47.8 Å². The lowest BCUT2D eigenvalue weighted by Gasteiger charge is -2.35. The third-order valence-electron chi connectivity index (χ3n) is 5.22. The zero-order valence-corrected chi connectivity index (χ0v) is 13.7. The van der Waals surface area contributed by atoms with Crippen molar-refractivity contribution in [3.8, 4) is 0 Å². The van der Waals surface area contributed by atoms with Crippen molar-refractivity contribution < 1.29 is 14.0 Å². The number of nitrogens with zero attached hydrogens (tertiary/aromatic N) is 2. The highest BCUT2D eigenvalue weighted by Gasteiger charge is 2.31. The van der Waals surface area contributed by atoms with Crippen LogP contribution in [0.3, 0.4) is 0 Å². The van der Waals surface area contributed by atoms with Gasteiger partial charge in [0.15, 0.2) is 5.76 Å². The van der Waals surface area contributed by atoms with Crippen LogP contribution in [0.5, 0.6) is 0 Å². The first-order chi connectivity index (χ1) is 11.7. The summed E-state index contributed by atoms with van der Waals surface area (Å²) in [5.41, 5.74) is 0.732. The average Bonchev–Trinajstić information content (AvgIpc) is 3.30. The summed E-state index contributed by atoms with van der Waals surface area (Å²) < 4.78 is 5.67. The van der Waals surface area contributed by atoms with E-state index in [0.717, 1.165) is 23.8 Å². The lowest BCUT2D eigenvalue weighted by molar-refractivity contribution is -0.136. The number of fused-ring (bicyclic) bond motifs is 1. The van der Waals surface area contributed by atoms with E-state index < -0.39 is 0 Å². The van der Waals surface area contributed by atoms with Crippen LogP contribution in [0.25, 0.3) is 11.0 Å². The monoisotopic (exact) mass is 326 g/mol. The molecule has 2 amide bonds. The Hall–Kier alpha value is -2.30. The fourth-order valence-electron chi connectivity index (χ4n) is 3.80. The van der Waals surface area contributed by atoms with Crippen LogP contribution in [0.15, 0.2) is 34.7 Å². The number of piperazine rings is 1. The van der Waals surface area contributed by atoms with Gasteiger partial charge in [-0.05, 0) is 25.0 Å². The fraction of sp³-hybridized carbons (Fsp3) is 0.474. The van der Waals surface area contributed by atoms with Gasteiger partial charge in [0.1, 0.15) is 5.58 Å². The van der Waals surface area contributed by atoms with Crippen LogP contribution in [0.1, 0.15) is 36.2 Å². The number of hydrogen-bond donors (Lipinski definition) is 0. The molecule has 1 aliphatic carbocycles. The smallest absolute Gasteiger partial charge is 0.289 e. The second kappa shape index (κ2) is 6.30. The van der Waals surface area contributed by atoms with E-state index in [1.54, 1.807) is 11.0 Å². The number of carbonyl (C=O) groups excluding carboxylic acids is 2. The standard InChI is InChI=1S/C19H22N2O3/c22-18(14-5-1-2-6-14)20-9-11-21(12-10-20)19(23)17-13-15-7-3-4-8-16(15)24-17/h3-4,7-8,13-14H,1-2,5-6,9-12H2. The van der Waals surface area contributed by atoms with Gasteiger partial charge in [0.25, 0.3) is 5.91 Å². The topological polar surface area (TPSA) is 53.8 Å². The molecule has 2 aliphatic rings. The van der Waals surface area contributed by atoms with E-state index >= 15 is 0 Å². The van der Waals surface area contributed by atoms with E-state index in [1.807, 2.05) is 29.2 Å². The molecule has 1 aromatic heterocycles. The summed E-state index contributed by atoms with van der Waals surface area (Å²) in [5, 5.41) is 0.941. The van der Waals surface area contributed by atoms with Crippen LogP contribution >= 0.6 is 0 Å². The van der Waals surface area contributed by atoms with E-state index in [4.69, 9.17) is 4.42 Å². The third-order valence-corrected chi connectivity index (χ3v) is 5.22. The SMILES string of the molecule is O=C(c1cc2ccccc2o1)N1CCN(C(=O)C2CCCC2)CC1. The summed E-state index contributed by atoms with van der Waals surface area (Å²) in [6.07, 6.45) is 4.38. The van der Waals surface area contributed by atoms with Gasteiger partial charge in [0.05, 0.1) is 0 Å². The van der Waals surface area contributed by atoms with E-state index in [2.05, 4.69) is 0 Å². The summed E-state index contributed by atoms with van der Waals surface area (Å²) in [7, 11) is 0. The van der Waals surface area contributed by atoms with Gasteiger partial charge in [-0.25, -0.2) is 0 Å². The normalized spacial score (nSPS) is 19.2. The number of amides is 2. The van der Waals surface area contributed by atoms with Crippen LogP contribution in [0.4, 0.5) is 0 Å². The minimum atomic E-state index is -0.0841. The summed E-state index contributed by atoms with van der Waals surface area (Å²) in [6, 6.07) is 9.43. The first-order valence-corrected chi connectivity index (χ1v) is 8.79. The van der Waals surface area contributed by atoms with Crippen LogP contribution in [0, 0.1) is 5.92 Å². The average molecular weight is 326 g/mol. The number of benzene rings is 1. The molecule has 0 radical (unpaired) electrons. The Morgan fingerprint density at radius 1 is 0.958 bits per heavy atom. The Balaban J connectivity index is 1.39. The highest BCUT2D eigenvalue weighted by Crippen LogP contribution is 2.27. The molecule has 0 N–H and O–H groups in total. The molecule has 1 saturated heterocycles. The molecule has 5 nitrogen and oxygen atoms in total. The molecule has 24 heavy (non-hydrogen) atoms. The molecule has 5 heteroatoms. The number of carbonyl (C=O) groups is 2. The molecule has 1 aromatic carbocycles. The molecule has 0 unspecified atom stereocenters. The maximum absolute atomic E-state index is 12.6. The highest BCUT2D eigenvalue weighted by atomic mass is 16.3. The number of hydrogen-bond acceptors (Lipinski definition) is 3. The van der Waals surface area contributed by atoms with E-state index in [9.17, 15) is 9.59 Å². The van der Waals surface area contributed by atoms with Crippen LogP contribution in [0.2, 0.25) is 0 Å². The predicted molar refractivity (Wildman–Crippen MR) is 90.7 cm³/mol. The largest absolute Gasteiger partial charge is 0.451 e. The van der Waals surface area contributed by atoms with Crippen molar-refractivity contribution in [3.63, 3.8) is 0 Å². The van der Waals surface area contributed by atoms with E-state index in [0.29, 0.717) is 31.9 Å². The molecule has 0 spiro atoms. The molecule has 4 rings (SSSR count). The molecule has 0 atom stereocenters. The maximum atomic E-state index is 12.6. The molecule has 2 aromatic rings. The van der Waals surface area contributed by atoms with Crippen LogP contribution in [-0.2, 0) is 4.79 Å². The minimum Gasteiger partial charge on any atom is -0.451 e. The van der Waals surface area contributed by atoms with Crippen molar-refractivity contribution in [3.05, 3.63) is 36.1 Å². The number of furan rings is 1. The summed E-state index contributed by atoms with van der Waals surface area (Å²) in [4.78, 5) is 28.8. The number of rotatable bonds is 2. The lowest BCUT2D eigenvalue weighted by atomic mass is 10.1. The molecule has 126 valence electrons. The fourth-order valence-corrected chi connectivity index (χ4v) is 3.80. The van der Waals surface area contributed by atoms with Gasteiger partial charge in [-0.15, -0.1) is 0 Å². The second-order valence-electron chi connectivity index (χ2n) is 6.75. The van der Waals surface area contributed by atoms with Gasteiger partial charge in [0.2, 0.25) is 5.91 Å². The maximum Gasteiger partial charge on any atom is 0.289 e. The molecule has 0 bridgehead atoms. The molecule has 1 saturated carbocycles. The van der Waals surface area contributed by atoms with Crippen LogP contribution < -0.4 is 0 Å². The summed E-state index contributed by atoms with van der Waals surface area (Å²) in [5.74, 6) is 0.789. The van der Waals surface area contributed by atoms with Crippen molar-refractivity contribution in [1.29, 1.82) is 0 Å². The molecule has 2 heterocycles. The van der Waals surface area contributed by atoms with Crippen molar-refractivity contribution >= 4 is 22.8 Å². The summed E-state index contributed by atoms with van der Waals surface area (Å²) in [6.45, 7) is 2.41. The third kappa shape index (κ3) is 2.79. The zero-order chi connectivity index (χ0) is 16.5. The highest BCUT2D eigenvalue weighted by molar-refractivity contribution is 5.96. The summed E-state index contributed by atoms with van der Waals surface area (Å²) >= 11 is 0. The Bertz CT molecular complexity index is 720. The van der Waals surface area contributed by atoms with Gasteiger partial charge in [-0.1, -0.05) is 31.0 Å². The quantitative estimate of drug-likeness (QED) is 0.853. The molecule has 1 aliphatic heterocycles. The molecular weight excluding hydrogens is 304 g/mol. The van der Waals surface area contributed by atoms with E-state index in [-0.39, 0.29) is 17.7 Å². The Kier molecular flexibility index (Phi) is 4.00. The molecular formula is C19H22N2O3. The zero-order valence-electron chi connectivity index (χ0n) is 13.7. The predicted octanol–water partition coefficient (Wildman–Crippen LogP) is 2.91. The van der Waals surface area contributed by atoms with E-state index in [1.165, 1.54) is 12.8 Å². The molecule has 2 fully saturated rings. The van der Waals surface area contributed by atoms with Gasteiger partial charge < -0.3 is 14.2 Å². The Morgan fingerprint density at radius 3 is 2.33 bits per heavy atom.